The van der Waals surface area contributed by atoms with Crippen LogP contribution in [0.25, 0.3) is 27.8 Å². The fourth-order valence-electron chi connectivity index (χ4n) is 9.54. The standard InChI is InChI=1S/C57H66.C7H8.2C2H6/c1-10-21-52(43(8)32-39(4)11-2)57-37-48(47-29-28-41(6)56(36-47)54-27-20-19-26-53(54)40(5)12-3)30-31-49(57)33-42(7)50-34-44(9)55(46-24-17-14-18-25-46)38-51(35-50)45-22-15-13-16-23-45;1-7-5-3-2-4-6-7;2*1-2/h10,13-18,20-25,27-32,35-38,40,42,44,55H,11-12,19,26,33-34H2,1-9H3;2-6H,1H3;2*1-2H3/b21-10-,39-32-,52-43+;;;. The van der Waals surface area contributed by atoms with Gasteiger partial charge in [0.2, 0.25) is 0 Å². The maximum atomic E-state index is 2.54. The Hall–Kier alpha value is -5.72. The SMILES string of the molecule is CC.CC.C\C=C/C(=C(C)\C=C(\C)CC)c1cc(-c2ccc(C)c(C3=C(C(C)CC)CCC=C3)c2)ccc1CC(C)C1=CC(c2ccccc2)=CC(c2ccccc2)C(C)C1.Cc1ccccc1. The number of allylic oxidation sites excluding steroid dienone is 14. The minimum absolute atomic E-state index is 0.359. The first kappa shape index (κ1) is 54.9. The zero-order chi connectivity index (χ0) is 49.6. The normalized spacial score (nSPS) is 17.2. The molecule has 0 spiro atoms. The smallest absolute Gasteiger partial charge is 0.00558 e. The lowest BCUT2D eigenvalue weighted by Gasteiger charge is -2.25. The van der Waals surface area contributed by atoms with E-state index in [1.54, 1.807) is 5.57 Å². The van der Waals surface area contributed by atoms with Gasteiger partial charge >= 0.3 is 0 Å². The highest BCUT2D eigenvalue weighted by Gasteiger charge is 2.26. The summed E-state index contributed by atoms with van der Waals surface area (Å²) in [5.41, 5.74) is 22.0. The zero-order valence-electron chi connectivity index (χ0n) is 44.7. The first-order chi connectivity index (χ1) is 33.0. The van der Waals surface area contributed by atoms with Gasteiger partial charge in [0.25, 0.3) is 0 Å². The van der Waals surface area contributed by atoms with Crippen LogP contribution in [0.4, 0.5) is 0 Å². The van der Waals surface area contributed by atoms with E-state index in [1.807, 2.05) is 45.9 Å². The third-order valence-corrected chi connectivity index (χ3v) is 13.7. The van der Waals surface area contributed by atoms with E-state index in [1.165, 1.54) is 89.9 Å². The quantitative estimate of drug-likeness (QED) is 0.103. The monoisotopic (exact) mass is 903 g/mol. The van der Waals surface area contributed by atoms with E-state index in [0.29, 0.717) is 23.7 Å². The maximum absolute atomic E-state index is 2.54. The Kier molecular flexibility index (Phi) is 23.1. The molecule has 5 aromatic rings. The molecule has 358 valence electrons. The summed E-state index contributed by atoms with van der Waals surface area (Å²) in [5.74, 6) is 1.80. The molecule has 0 N–H and O–H groups in total. The third-order valence-electron chi connectivity index (χ3n) is 13.7. The Labute approximate surface area is 416 Å². The lowest BCUT2D eigenvalue weighted by molar-refractivity contribution is 0.490. The van der Waals surface area contributed by atoms with Crippen LogP contribution in [-0.2, 0) is 6.42 Å². The van der Waals surface area contributed by atoms with Crippen molar-refractivity contribution in [1.29, 1.82) is 0 Å². The second kappa shape index (κ2) is 28.6. The van der Waals surface area contributed by atoms with Crippen LogP contribution in [0, 0.1) is 31.6 Å². The number of hydrogen-bond acceptors (Lipinski definition) is 0. The van der Waals surface area contributed by atoms with Crippen molar-refractivity contribution in [3.05, 3.63) is 231 Å². The summed E-state index contributed by atoms with van der Waals surface area (Å²) < 4.78 is 0. The molecule has 0 bridgehead atoms. The molecule has 0 radical (unpaired) electrons. The lowest BCUT2D eigenvalue weighted by Crippen LogP contribution is -2.12. The fraction of sp³-hybridized carbons (Fsp3) is 0.353. The van der Waals surface area contributed by atoms with Crippen molar-refractivity contribution in [3.63, 3.8) is 0 Å². The first-order valence-corrected chi connectivity index (χ1v) is 26.2. The van der Waals surface area contributed by atoms with Gasteiger partial charge in [-0.2, -0.15) is 0 Å². The van der Waals surface area contributed by atoms with Crippen LogP contribution in [0.15, 0.2) is 192 Å². The summed E-state index contributed by atoms with van der Waals surface area (Å²) in [7, 11) is 0. The Morgan fingerprint density at radius 3 is 1.94 bits per heavy atom. The number of hydrogen-bond donors (Lipinski definition) is 0. The molecule has 0 fully saturated rings. The van der Waals surface area contributed by atoms with Crippen molar-refractivity contribution in [3.8, 4) is 11.1 Å². The third kappa shape index (κ3) is 15.1. The fourth-order valence-corrected chi connectivity index (χ4v) is 9.54. The molecule has 68 heavy (non-hydrogen) atoms. The predicted molar refractivity (Wildman–Crippen MR) is 305 cm³/mol. The van der Waals surface area contributed by atoms with Gasteiger partial charge in [0, 0.05) is 5.92 Å². The molecule has 5 aromatic carbocycles. The van der Waals surface area contributed by atoms with Gasteiger partial charge in [-0.25, -0.2) is 0 Å². The maximum Gasteiger partial charge on any atom is 0.00558 e. The predicted octanol–water partition coefficient (Wildman–Crippen LogP) is 20.6. The second-order valence-electron chi connectivity index (χ2n) is 18.6. The van der Waals surface area contributed by atoms with Crippen LogP contribution in [0.3, 0.4) is 0 Å². The van der Waals surface area contributed by atoms with Crippen LogP contribution < -0.4 is 0 Å². The van der Waals surface area contributed by atoms with Gasteiger partial charge in [0.05, 0.1) is 0 Å². The Bertz CT molecular complexity index is 2530. The van der Waals surface area contributed by atoms with Crippen LogP contribution in [-0.4, -0.2) is 0 Å². The van der Waals surface area contributed by atoms with E-state index in [4.69, 9.17) is 0 Å². The van der Waals surface area contributed by atoms with Crippen LogP contribution in [0.5, 0.6) is 0 Å². The molecule has 0 saturated carbocycles. The van der Waals surface area contributed by atoms with Gasteiger partial charge in [-0.05, 0) is 170 Å². The molecular weight excluding hydrogens is 817 g/mol. The molecule has 0 amide bonds. The second-order valence-corrected chi connectivity index (χ2v) is 18.6. The highest BCUT2D eigenvalue weighted by atomic mass is 14.3. The van der Waals surface area contributed by atoms with E-state index in [9.17, 15) is 0 Å². The molecule has 0 heteroatoms. The van der Waals surface area contributed by atoms with E-state index in [0.717, 1.165) is 32.1 Å². The minimum Gasteiger partial charge on any atom is -0.0870 e. The van der Waals surface area contributed by atoms with Gasteiger partial charge in [-0.1, -0.05) is 242 Å². The summed E-state index contributed by atoms with van der Waals surface area (Å²) in [6.45, 7) is 31.0. The summed E-state index contributed by atoms with van der Waals surface area (Å²) in [6.07, 6.45) is 23.4. The molecule has 7 rings (SSSR count). The van der Waals surface area contributed by atoms with Crippen LogP contribution in [0.2, 0.25) is 0 Å². The molecule has 0 nitrogen and oxygen atoms in total. The summed E-state index contributed by atoms with van der Waals surface area (Å²) >= 11 is 0. The molecule has 2 aliphatic rings. The van der Waals surface area contributed by atoms with Crippen molar-refractivity contribution < 1.29 is 0 Å². The van der Waals surface area contributed by atoms with E-state index in [2.05, 4.69) is 221 Å². The van der Waals surface area contributed by atoms with Crippen LogP contribution in [0.1, 0.15) is 160 Å². The Balaban J connectivity index is 0.000000821. The van der Waals surface area contributed by atoms with Crippen molar-refractivity contribution in [1.82, 2.24) is 0 Å². The topological polar surface area (TPSA) is 0 Å². The van der Waals surface area contributed by atoms with Gasteiger partial charge in [-0.3, -0.25) is 0 Å². The number of benzene rings is 5. The van der Waals surface area contributed by atoms with E-state index < -0.39 is 0 Å². The molecule has 4 unspecified atom stereocenters. The molecule has 0 aliphatic heterocycles. The Morgan fingerprint density at radius 2 is 1.34 bits per heavy atom. The average molecular weight is 903 g/mol. The van der Waals surface area contributed by atoms with Crippen LogP contribution >= 0.6 is 0 Å². The van der Waals surface area contributed by atoms with Gasteiger partial charge in [0.1, 0.15) is 0 Å². The first-order valence-electron chi connectivity index (χ1n) is 26.2. The van der Waals surface area contributed by atoms with Gasteiger partial charge in [0.15, 0.2) is 0 Å². The van der Waals surface area contributed by atoms with E-state index >= 15 is 0 Å². The summed E-state index contributed by atoms with van der Waals surface area (Å²) in [5, 5.41) is 0. The average Bonchev–Trinajstić information content (AvgIpc) is 3.56. The zero-order valence-corrected chi connectivity index (χ0v) is 44.7. The highest BCUT2D eigenvalue weighted by Crippen LogP contribution is 2.42. The van der Waals surface area contributed by atoms with Gasteiger partial charge in [-0.15, -0.1) is 0 Å². The van der Waals surface area contributed by atoms with Crippen molar-refractivity contribution in [2.45, 2.75) is 141 Å². The molecule has 4 atom stereocenters. The number of aryl methyl sites for hydroxylation is 2. The molecule has 2 aliphatic carbocycles. The largest absolute Gasteiger partial charge is 0.0870 e. The lowest BCUT2D eigenvalue weighted by atomic mass is 9.80. The van der Waals surface area contributed by atoms with Crippen molar-refractivity contribution >= 4 is 16.7 Å². The Morgan fingerprint density at radius 1 is 0.721 bits per heavy atom. The summed E-state index contributed by atoms with van der Waals surface area (Å²) in [6, 6.07) is 46.8. The molecular formula is C68H86. The molecule has 0 aromatic heterocycles. The summed E-state index contributed by atoms with van der Waals surface area (Å²) in [4.78, 5) is 0. The van der Waals surface area contributed by atoms with Crippen molar-refractivity contribution in [2.75, 3.05) is 0 Å². The highest BCUT2D eigenvalue weighted by molar-refractivity contribution is 5.86. The van der Waals surface area contributed by atoms with Crippen molar-refractivity contribution in [2.24, 2.45) is 17.8 Å². The van der Waals surface area contributed by atoms with E-state index in [-0.39, 0.29) is 0 Å². The molecule has 0 saturated heterocycles. The number of rotatable bonds is 13. The minimum atomic E-state index is 0.359. The van der Waals surface area contributed by atoms with Gasteiger partial charge < -0.3 is 0 Å². The molecule has 0 heterocycles.